The summed E-state index contributed by atoms with van der Waals surface area (Å²) in [6, 6.07) is -2.14. The van der Waals surface area contributed by atoms with E-state index in [-0.39, 0.29) is 91.1 Å². The van der Waals surface area contributed by atoms with Gasteiger partial charge in [0, 0.05) is 65.2 Å². The summed E-state index contributed by atoms with van der Waals surface area (Å²) in [4.78, 5) is 89.0. The highest BCUT2D eigenvalue weighted by atomic mass is 16.6. The molecule has 22 heteroatoms. The summed E-state index contributed by atoms with van der Waals surface area (Å²) in [6.07, 6.45) is -0.782. The zero-order chi connectivity index (χ0) is 52.3. The van der Waals surface area contributed by atoms with Crippen LogP contribution in [-0.2, 0) is 47.7 Å². The number of rotatable bonds is 22. The molecule has 396 valence electrons. The van der Waals surface area contributed by atoms with Crippen molar-refractivity contribution in [2.24, 2.45) is 0 Å². The highest BCUT2D eigenvalue weighted by Gasteiger charge is 2.37. The maximum absolute atomic E-state index is 14.1. The van der Waals surface area contributed by atoms with Gasteiger partial charge in [-0.25, -0.2) is 0 Å². The molecule has 1 heterocycles. The van der Waals surface area contributed by atoms with Gasteiger partial charge in [0.1, 0.15) is 45.6 Å². The average molecular weight is 979 g/mol. The predicted octanol–water partition coefficient (Wildman–Crippen LogP) is -1.46. The Balaban J connectivity index is 3.93. The quantitative estimate of drug-likeness (QED) is 0.0454. The van der Waals surface area contributed by atoms with Gasteiger partial charge in [-0.15, -0.1) is 0 Å². The molecule has 22 nitrogen and oxygen atoms in total. The van der Waals surface area contributed by atoms with Crippen molar-refractivity contribution < 1.29 is 78.4 Å². The molecular formula is C46H86N6O16. The first-order valence-electron chi connectivity index (χ1n) is 23.4. The van der Waals surface area contributed by atoms with Gasteiger partial charge in [0.05, 0.1) is 52.7 Å². The summed E-state index contributed by atoms with van der Waals surface area (Å²) in [6.45, 7) is 16.6. The van der Waals surface area contributed by atoms with Crippen molar-refractivity contribution in [3.63, 3.8) is 0 Å². The fourth-order valence-corrected chi connectivity index (χ4v) is 7.01. The van der Waals surface area contributed by atoms with Crippen LogP contribution in [0.15, 0.2) is 0 Å². The van der Waals surface area contributed by atoms with Gasteiger partial charge in [0.15, 0.2) is 0 Å². The number of esters is 4. The van der Waals surface area contributed by atoms with E-state index in [2.05, 4.69) is 10.6 Å². The van der Waals surface area contributed by atoms with Crippen LogP contribution in [0.1, 0.15) is 109 Å². The lowest BCUT2D eigenvalue weighted by Gasteiger charge is -2.39. The average Bonchev–Trinajstić information content (AvgIpc) is 3.19. The summed E-state index contributed by atoms with van der Waals surface area (Å²) >= 11 is 0. The van der Waals surface area contributed by atoms with Crippen LogP contribution < -0.4 is 10.6 Å². The van der Waals surface area contributed by atoms with Crippen molar-refractivity contribution in [3.8, 4) is 0 Å². The molecule has 1 fully saturated rings. The molecule has 1 saturated heterocycles. The number of aliphatic hydroxyl groups is 6. The monoisotopic (exact) mass is 979 g/mol. The number of carbonyl (C=O) groups excluding carboxylic acids is 6. The van der Waals surface area contributed by atoms with Gasteiger partial charge in [-0.2, -0.15) is 0 Å². The summed E-state index contributed by atoms with van der Waals surface area (Å²) in [5.41, 5.74) is -6.95. The molecule has 1 aliphatic heterocycles. The Hall–Kier alpha value is -3.58. The van der Waals surface area contributed by atoms with E-state index < -0.39 is 121 Å². The minimum Gasteiger partial charge on any atom is -0.459 e. The number of nitrogens with one attached hydrogen (secondary N) is 2. The normalized spacial score (nSPS) is 17.2. The Morgan fingerprint density at radius 2 is 0.676 bits per heavy atom. The van der Waals surface area contributed by atoms with Crippen LogP contribution in [0, 0.1) is 0 Å². The summed E-state index contributed by atoms with van der Waals surface area (Å²) < 4.78 is 23.1. The van der Waals surface area contributed by atoms with Crippen molar-refractivity contribution in [3.05, 3.63) is 0 Å². The molecule has 1 aliphatic rings. The summed E-state index contributed by atoms with van der Waals surface area (Å²) in [7, 11) is 0. The van der Waals surface area contributed by atoms with Crippen molar-refractivity contribution in [1.29, 1.82) is 0 Å². The van der Waals surface area contributed by atoms with Gasteiger partial charge in [-0.1, -0.05) is 0 Å². The number of amides is 2. The maximum atomic E-state index is 14.1. The smallest absolute Gasteiger partial charge is 0.323 e. The highest BCUT2D eigenvalue weighted by molar-refractivity contribution is 5.81. The standard InChI is InChI=1S/C46H86N6O16/c1-41(2,3)65-37(61)25-49-17-21-51(33(39(63)67-43(7,8)9)13-15-35(59)47-45(27-53,28-54)29-55)23-19-50(26-38(62)66-42(4,5)6)20-24-52(22-18-49)34(40(64)68-44(10,11)12)14-16-36(60)48-46(30-56,31-57)32-58/h33-34,53-58H,13-32H2,1-12H3,(H,47,59)(H,48,60)/t33-,34-/m1/s1. The molecule has 0 unspecified atom stereocenters. The Labute approximate surface area is 402 Å². The molecule has 0 bridgehead atoms. The first-order chi connectivity index (χ1) is 31.3. The number of hydrogen-bond donors (Lipinski definition) is 8. The first-order valence-corrected chi connectivity index (χ1v) is 23.4. The lowest BCUT2D eigenvalue weighted by atomic mass is 10.0. The van der Waals surface area contributed by atoms with Crippen LogP contribution in [0.25, 0.3) is 0 Å². The molecule has 0 aromatic carbocycles. The Morgan fingerprint density at radius 1 is 0.426 bits per heavy atom. The molecule has 1 rings (SSSR count). The lowest BCUT2D eigenvalue weighted by Crippen LogP contribution is -2.57. The van der Waals surface area contributed by atoms with E-state index in [1.807, 2.05) is 0 Å². The third kappa shape index (κ3) is 24.3. The Bertz CT molecular complexity index is 1450. The van der Waals surface area contributed by atoms with E-state index in [0.717, 1.165) is 0 Å². The van der Waals surface area contributed by atoms with Crippen molar-refractivity contribution in [2.75, 3.05) is 105 Å². The Kier molecular flexibility index (Phi) is 25.4. The molecule has 0 saturated carbocycles. The molecule has 0 aliphatic carbocycles. The van der Waals surface area contributed by atoms with Crippen molar-refractivity contribution in [1.82, 2.24) is 30.2 Å². The minimum absolute atomic E-state index is 0.105. The number of ether oxygens (including phenoxy) is 4. The van der Waals surface area contributed by atoms with Crippen LogP contribution in [-0.4, -0.2) is 237 Å². The molecule has 0 aromatic rings. The first kappa shape index (κ1) is 62.4. The van der Waals surface area contributed by atoms with Crippen molar-refractivity contribution >= 4 is 35.7 Å². The van der Waals surface area contributed by atoms with Crippen LogP contribution in [0.2, 0.25) is 0 Å². The van der Waals surface area contributed by atoms with E-state index in [0.29, 0.717) is 0 Å². The third-order valence-corrected chi connectivity index (χ3v) is 10.5. The topological polar surface area (TPSA) is 298 Å². The second kappa shape index (κ2) is 27.7. The Morgan fingerprint density at radius 3 is 0.897 bits per heavy atom. The second-order valence-electron chi connectivity index (χ2n) is 21.6. The fourth-order valence-electron chi connectivity index (χ4n) is 7.01. The maximum Gasteiger partial charge on any atom is 0.323 e. The van der Waals surface area contributed by atoms with E-state index >= 15 is 0 Å². The van der Waals surface area contributed by atoms with Crippen molar-refractivity contribution in [2.45, 2.75) is 154 Å². The predicted molar refractivity (Wildman–Crippen MR) is 250 cm³/mol. The van der Waals surface area contributed by atoms with E-state index in [9.17, 15) is 59.4 Å². The lowest BCUT2D eigenvalue weighted by molar-refractivity contribution is -0.164. The van der Waals surface area contributed by atoms with Crippen LogP contribution in [0.4, 0.5) is 0 Å². The molecule has 0 radical (unpaired) electrons. The second-order valence-corrected chi connectivity index (χ2v) is 21.6. The molecule has 8 N–H and O–H groups in total. The number of hydrogen-bond acceptors (Lipinski definition) is 20. The molecule has 68 heavy (non-hydrogen) atoms. The van der Waals surface area contributed by atoms with Crippen LogP contribution in [0.3, 0.4) is 0 Å². The van der Waals surface area contributed by atoms with Gasteiger partial charge < -0.3 is 60.2 Å². The van der Waals surface area contributed by atoms with E-state index in [4.69, 9.17) is 18.9 Å². The largest absolute Gasteiger partial charge is 0.459 e. The molecule has 2 amide bonds. The minimum atomic E-state index is -1.70. The summed E-state index contributed by atoms with van der Waals surface area (Å²) in [5, 5.41) is 64.0. The molecular weight excluding hydrogens is 893 g/mol. The zero-order valence-electron chi connectivity index (χ0n) is 42.9. The van der Waals surface area contributed by atoms with Gasteiger partial charge in [0.25, 0.3) is 0 Å². The van der Waals surface area contributed by atoms with Gasteiger partial charge in [-0.3, -0.25) is 48.4 Å². The number of carbonyl (C=O) groups is 6. The summed E-state index contributed by atoms with van der Waals surface area (Å²) in [5.74, 6) is -3.72. The van der Waals surface area contributed by atoms with E-state index in [1.165, 1.54) is 0 Å². The highest BCUT2D eigenvalue weighted by Crippen LogP contribution is 2.20. The third-order valence-electron chi connectivity index (χ3n) is 10.5. The fraction of sp³-hybridized carbons (Fsp3) is 0.870. The number of nitrogens with zero attached hydrogens (tertiary/aromatic N) is 4. The SMILES string of the molecule is CC(C)(C)OC(=O)CN1CCN([C@H](CCC(=O)NC(CO)(CO)CO)C(=O)OC(C)(C)C)CCN(CC(=O)OC(C)(C)C)CCN([C@H](CCC(=O)NC(CO)(CO)CO)C(=O)OC(C)(C)C)CC1. The molecule has 2 atom stereocenters. The van der Waals surface area contributed by atoms with Crippen LogP contribution in [0.5, 0.6) is 0 Å². The van der Waals surface area contributed by atoms with Gasteiger partial charge in [0.2, 0.25) is 11.8 Å². The van der Waals surface area contributed by atoms with E-state index in [1.54, 1.807) is 103 Å². The van der Waals surface area contributed by atoms with Crippen LogP contribution >= 0.6 is 0 Å². The molecule has 0 aromatic heterocycles. The van der Waals surface area contributed by atoms with Gasteiger partial charge >= 0.3 is 23.9 Å². The van der Waals surface area contributed by atoms with Gasteiger partial charge in [-0.05, 0) is 95.9 Å². The zero-order valence-corrected chi connectivity index (χ0v) is 42.9. The molecule has 0 spiro atoms. The number of aliphatic hydroxyl groups excluding tert-OH is 6.